The van der Waals surface area contributed by atoms with Crippen LogP contribution in [0.1, 0.15) is 23.2 Å². The average Bonchev–Trinajstić information content (AvgIpc) is 3.09. The lowest BCUT2D eigenvalue weighted by Crippen LogP contribution is -2.01. The van der Waals surface area contributed by atoms with E-state index < -0.39 is 10.6 Å². The molecule has 4 heteroatoms. The van der Waals surface area contributed by atoms with E-state index in [1.165, 1.54) is 18.9 Å². The number of hydrogen-bond acceptors (Lipinski definition) is 2. The minimum Gasteiger partial charge on any atom is -0.493 e. The second-order valence-electron chi connectivity index (χ2n) is 3.98. The van der Waals surface area contributed by atoms with E-state index in [2.05, 4.69) is 15.9 Å². The summed E-state index contributed by atoms with van der Waals surface area (Å²) in [6, 6.07) is 4.60. The van der Waals surface area contributed by atoms with Crippen molar-refractivity contribution in [3.05, 3.63) is 29.6 Å². The van der Waals surface area contributed by atoms with Crippen molar-refractivity contribution < 1.29 is 13.9 Å². The van der Waals surface area contributed by atoms with Crippen LogP contribution in [0.25, 0.3) is 0 Å². The highest BCUT2D eigenvalue weighted by Crippen LogP contribution is 2.31. The van der Waals surface area contributed by atoms with Crippen LogP contribution in [0, 0.1) is 11.7 Å². The third-order valence-corrected chi connectivity index (χ3v) is 3.28. The Morgan fingerprint density at radius 1 is 1.56 bits per heavy atom. The minimum absolute atomic E-state index is 0.341. The van der Waals surface area contributed by atoms with E-state index in [9.17, 15) is 9.18 Å². The summed E-state index contributed by atoms with van der Waals surface area (Å²) in [6.45, 7) is 0.657. The number of halogens is 2. The fraction of sp³-hybridized carbons (Fsp3) is 0.417. The standard InChI is InChI=1S/C12H12BrFO2/c13-11(6-15)10-4-3-9(5-12(10)14)16-7-8-1-2-8/h3-6,8,11H,1-2,7H2/t11-/m1/s1. The van der Waals surface area contributed by atoms with E-state index in [0.29, 0.717) is 30.1 Å². The molecule has 1 aromatic rings. The maximum Gasteiger partial charge on any atom is 0.138 e. The molecule has 0 radical (unpaired) electrons. The fourth-order valence-corrected chi connectivity index (χ4v) is 1.76. The maximum atomic E-state index is 13.6. The quantitative estimate of drug-likeness (QED) is 0.614. The van der Waals surface area contributed by atoms with Crippen LogP contribution in [0.4, 0.5) is 4.39 Å². The monoisotopic (exact) mass is 286 g/mol. The highest BCUT2D eigenvalue weighted by Gasteiger charge is 2.22. The van der Waals surface area contributed by atoms with E-state index >= 15 is 0 Å². The molecular weight excluding hydrogens is 275 g/mol. The molecule has 1 saturated carbocycles. The van der Waals surface area contributed by atoms with Crippen molar-refractivity contribution >= 4 is 22.2 Å². The lowest BCUT2D eigenvalue weighted by atomic mass is 10.1. The van der Waals surface area contributed by atoms with Gasteiger partial charge in [0.25, 0.3) is 0 Å². The number of carbonyl (C=O) groups is 1. The molecule has 1 fully saturated rings. The number of carbonyl (C=O) groups excluding carboxylic acids is 1. The topological polar surface area (TPSA) is 26.3 Å². The summed E-state index contributed by atoms with van der Waals surface area (Å²) < 4.78 is 19.0. The Kier molecular flexibility index (Phi) is 3.59. The summed E-state index contributed by atoms with van der Waals surface area (Å²) in [7, 11) is 0. The molecule has 2 nitrogen and oxygen atoms in total. The summed E-state index contributed by atoms with van der Waals surface area (Å²) in [5, 5.41) is 0. The number of aldehydes is 1. The van der Waals surface area contributed by atoms with Crippen molar-refractivity contribution in [2.45, 2.75) is 17.7 Å². The van der Waals surface area contributed by atoms with Gasteiger partial charge >= 0.3 is 0 Å². The Morgan fingerprint density at radius 2 is 2.31 bits per heavy atom. The molecule has 0 bridgehead atoms. The van der Waals surface area contributed by atoms with Crippen LogP contribution >= 0.6 is 15.9 Å². The van der Waals surface area contributed by atoms with Crippen LogP contribution in [0.5, 0.6) is 5.75 Å². The van der Waals surface area contributed by atoms with Crippen LogP contribution in [0.2, 0.25) is 0 Å². The molecule has 1 aliphatic rings. The molecule has 0 amide bonds. The SMILES string of the molecule is O=C[C@@H](Br)c1ccc(OCC2CC2)cc1F. The molecule has 0 heterocycles. The highest BCUT2D eigenvalue weighted by molar-refractivity contribution is 9.09. The first-order valence-electron chi connectivity index (χ1n) is 5.22. The Hall–Kier alpha value is -0.900. The van der Waals surface area contributed by atoms with Gasteiger partial charge in [0.05, 0.1) is 11.4 Å². The molecule has 0 saturated heterocycles. The van der Waals surface area contributed by atoms with Gasteiger partial charge in [0.1, 0.15) is 17.9 Å². The average molecular weight is 287 g/mol. The van der Waals surface area contributed by atoms with E-state index in [1.807, 2.05) is 0 Å². The Bertz CT molecular complexity index is 391. The predicted octanol–water partition coefficient (Wildman–Crippen LogP) is 3.25. The van der Waals surface area contributed by atoms with E-state index in [1.54, 1.807) is 12.1 Å². The van der Waals surface area contributed by atoms with Gasteiger partial charge in [-0.25, -0.2) is 4.39 Å². The first kappa shape index (κ1) is 11.6. The van der Waals surface area contributed by atoms with Gasteiger partial charge in [0.15, 0.2) is 0 Å². The third-order valence-electron chi connectivity index (χ3n) is 2.57. The van der Waals surface area contributed by atoms with Gasteiger partial charge in [-0.3, -0.25) is 0 Å². The lowest BCUT2D eigenvalue weighted by Gasteiger charge is -2.08. The van der Waals surface area contributed by atoms with Crippen LogP contribution in [-0.2, 0) is 4.79 Å². The molecule has 1 aromatic carbocycles. The van der Waals surface area contributed by atoms with Crippen molar-refractivity contribution in [3.8, 4) is 5.75 Å². The normalized spacial score (nSPS) is 16.9. The van der Waals surface area contributed by atoms with E-state index in [-0.39, 0.29) is 0 Å². The second kappa shape index (κ2) is 4.95. The zero-order valence-corrected chi connectivity index (χ0v) is 10.2. The van der Waals surface area contributed by atoms with Crippen molar-refractivity contribution in [1.29, 1.82) is 0 Å². The van der Waals surface area contributed by atoms with E-state index in [4.69, 9.17) is 4.74 Å². The van der Waals surface area contributed by atoms with Crippen LogP contribution in [-0.4, -0.2) is 12.9 Å². The van der Waals surface area contributed by atoms with Gasteiger partial charge in [-0.05, 0) is 24.8 Å². The molecule has 16 heavy (non-hydrogen) atoms. The largest absolute Gasteiger partial charge is 0.493 e. The first-order valence-corrected chi connectivity index (χ1v) is 6.14. The number of hydrogen-bond donors (Lipinski definition) is 0. The van der Waals surface area contributed by atoms with E-state index in [0.717, 1.165) is 0 Å². The van der Waals surface area contributed by atoms with Gasteiger partial charge in [0, 0.05) is 11.6 Å². The molecule has 0 N–H and O–H groups in total. The number of alkyl halides is 1. The third kappa shape index (κ3) is 2.82. The molecule has 2 rings (SSSR count). The van der Waals surface area contributed by atoms with Crippen molar-refractivity contribution in [3.63, 3.8) is 0 Å². The van der Waals surface area contributed by atoms with Gasteiger partial charge in [-0.15, -0.1) is 0 Å². The van der Waals surface area contributed by atoms with Gasteiger partial charge in [0.2, 0.25) is 0 Å². The van der Waals surface area contributed by atoms with Crippen molar-refractivity contribution in [2.24, 2.45) is 5.92 Å². The summed E-state index contributed by atoms with van der Waals surface area (Å²) in [4.78, 5) is 9.93. The molecule has 1 aliphatic carbocycles. The Balaban J connectivity index is 2.05. The van der Waals surface area contributed by atoms with Crippen LogP contribution < -0.4 is 4.74 Å². The molecular formula is C12H12BrFO2. The molecule has 1 atom stereocenters. The molecule has 0 aliphatic heterocycles. The maximum absolute atomic E-state index is 13.6. The second-order valence-corrected chi connectivity index (χ2v) is 4.96. The van der Waals surface area contributed by atoms with Crippen molar-refractivity contribution in [1.82, 2.24) is 0 Å². The first-order chi connectivity index (χ1) is 7.70. The van der Waals surface area contributed by atoms with Gasteiger partial charge in [-0.1, -0.05) is 22.0 Å². The van der Waals surface area contributed by atoms with Crippen LogP contribution in [0.3, 0.4) is 0 Å². The summed E-state index contributed by atoms with van der Waals surface area (Å²) >= 11 is 3.08. The fourth-order valence-electron chi connectivity index (χ4n) is 1.39. The summed E-state index contributed by atoms with van der Waals surface area (Å²) in [5.74, 6) is 0.752. The highest BCUT2D eigenvalue weighted by atomic mass is 79.9. The predicted molar refractivity (Wildman–Crippen MR) is 62.4 cm³/mol. The number of ether oxygens (including phenoxy) is 1. The smallest absolute Gasteiger partial charge is 0.138 e. The zero-order valence-electron chi connectivity index (χ0n) is 8.66. The minimum atomic E-state index is -0.593. The number of benzene rings is 1. The molecule has 0 aromatic heterocycles. The van der Waals surface area contributed by atoms with Crippen LogP contribution in [0.15, 0.2) is 18.2 Å². The summed E-state index contributed by atoms with van der Waals surface area (Å²) in [6.07, 6.45) is 3.06. The molecule has 0 spiro atoms. The Morgan fingerprint density at radius 3 is 2.88 bits per heavy atom. The van der Waals surface area contributed by atoms with Gasteiger partial charge < -0.3 is 9.53 Å². The van der Waals surface area contributed by atoms with Crippen molar-refractivity contribution in [2.75, 3.05) is 6.61 Å². The molecule has 86 valence electrons. The Labute approximate surface area is 102 Å². The van der Waals surface area contributed by atoms with Gasteiger partial charge in [-0.2, -0.15) is 0 Å². The lowest BCUT2D eigenvalue weighted by molar-refractivity contribution is -0.107. The zero-order chi connectivity index (χ0) is 11.5. The molecule has 0 unspecified atom stereocenters. The number of rotatable bonds is 5. The summed E-state index contributed by atoms with van der Waals surface area (Å²) in [5.41, 5.74) is 0.341.